The lowest BCUT2D eigenvalue weighted by molar-refractivity contribution is 0.110. The van der Waals surface area contributed by atoms with Crippen molar-refractivity contribution in [3.05, 3.63) is 23.0 Å². The summed E-state index contributed by atoms with van der Waals surface area (Å²) in [6.07, 6.45) is -2.80. The average Bonchev–Trinajstić information content (AvgIpc) is 2.17. The van der Waals surface area contributed by atoms with Crippen molar-refractivity contribution in [1.82, 2.24) is 4.98 Å². The molecular formula is C8H4F2N2O2. The van der Waals surface area contributed by atoms with Crippen LogP contribution in [0.2, 0.25) is 0 Å². The predicted octanol–water partition coefficient (Wildman–Crippen LogP) is 1.41. The van der Waals surface area contributed by atoms with E-state index in [1.165, 1.54) is 6.07 Å². The number of hydrogen-bond acceptors (Lipinski definition) is 4. The highest BCUT2D eigenvalue weighted by atomic mass is 19.3. The van der Waals surface area contributed by atoms with Gasteiger partial charge in [0.25, 0.3) is 6.43 Å². The van der Waals surface area contributed by atoms with Gasteiger partial charge in [0.15, 0.2) is 17.7 Å². The molecule has 0 radical (unpaired) electrons. The minimum Gasteiger partial charge on any atom is -0.505 e. The zero-order valence-corrected chi connectivity index (χ0v) is 6.74. The van der Waals surface area contributed by atoms with Crippen LogP contribution >= 0.6 is 0 Å². The minimum absolute atomic E-state index is 0.113. The molecule has 0 amide bonds. The molecule has 0 aromatic carbocycles. The average molecular weight is 198 g/mol. The Morgan fingerprint density at radius 1 is 1.64 bits per heavy atom. The van der Waals surface area contributed by atoms with Crippen LogP contribution in [0.25, 0.3) is 0 Å². The Morgan fingerprint density at radius 2 is 2.29 bits per heavy atom. The number of nitrogens with zero attached hydrogens (tertiary/aromatic N) is 2. The van der Waals surface area contributed by atoms with E-state index in [-0.39, 0.29) is 6.29 Å². The SMILES string of the molecule is N#Cc1nc(C=O)c(C(F)F)cc1O. The molecule has 0 aliphatic carbocycles. The number of halogens is 2. The van der Waals surface area contributed by atoms with Gasteiger partial charge in [-0.15, -0.1) is 0 Å². The van der Waals surface area contributed by atoms with Gasteiger partial charge in [0.1, 0.15) is 11.8 Å². The van der Waals surface area contributed by atoms with Crippen molar-refractivity contribution in [2.75, 3.05) is 0 Å². The van der Waals surface area contributed by atoms with Crippen LogP contribution in [0.1, 0.15) is 28.2 Å². The molecule has 14 heavy (non-hydrogen) atoms. The lowest BCUT2D eigenvalue weighted by atomic mass is 10.2. The van der Waals surface area contributed by atoms with Gasteiger partial charge in [-0.05, 0) is 6.07 Å². The Morgan fingerprint density at radius 3 is 2.71 bits per heavy atom. The number of alkyl halides is 2. The van der Waals surface area contributed by atoms with Gasteiger partial charge in [0.05, 0.1) is 5.56 Å². The van der Waals surface area contributed by atoms with Gasteiger partial charge in [-0.3, -0.25) is 4.79 Å². The molecule has 1 rings (SSSR count). The second kappa shape index (κ2) is 3.79. The first-order valence-electron chi connectivity index (χ1n) is 3.47. The number of hydrogen-bond donors (Lipinski definition) is 1. The molecule has 1 aromatic heterocycles. The van der Waals surface area contributed by atoms with Crippen LogP contribution in [-0.4, -0.2) is 16.4 Å². The quantitative estimate of drug-likeness (QED) is 0.729. The fourth-order valence-electron chi connectivity index (χ4n) is 0.883. The molecule has 0 atom stereocenters. The number of nitriles is 1. The van der Waals surface area contributed by atoms with Gasteiger partial charge < -0.3 is 5.11 Å². The number of aldehydes is 1. The summed E-state index contributed by atoms with van der Waals surface area (Å²) in [7, 11) is 0. The Bertz CT molecular complexity index is 413. The maximum atomic E-state index is 12.2. The van der Waals surface area contributed by atoms with Crippen molar-refractivity contribution in [3.8, 4) is 11.8 Å². The molecule has 0 saturated heterocycles. The summed E-state index contributed by atoms with van der Waals surface area (Å²) in [6, 6.07) is 2.14. The molecular weight excluding hydrogens is 194 g/mol. The molecule has 1 aromatic rings. The highest BCUT2D eigenvalue weighted by Gasteiger charge is 2.17. The van der Waals surface area contributed by atoms with Crippen molar-refractivity contribution in [1.29, 1.82) is 5.26 Å². The van der Waals surface area contributed by atoms with Crippen LogP contribution in [0.15, 0.2) is 6.07 Å². The van der Waals surface area contributed by atoms with Crippen LogP contribution in [0, 0.1) is 11.3 Å². The fraction of sp³-hybridized carbons (Fsp3) is 0.125. The van der Waals surface area contributed by atoms with E-state index < -0.39 is 29.1 Å². The highest BCUT2D eigenvalue weighted by molar-refractivity contribution is 5.75. The van der Waals surface area contributed by atoms with Crippen molar-refractivity contribution in [3.63, 3.8) is 0 Å². The van der Waals surface area contributed by atoms with Gasteiger partial charge in [-0.1, -0.05) is 0 Å². The van der Waals surface area contributed by atoms with Crippen molar-refractivity contribution in [2.24, 2.45) is 0 Å². The van der Waals surface area contributed by atoms with E-state index >= 15 is 0 Å². The fourth-order valence-corrected chi connectivity index (χ4v) is 0.883. The van der Waals surface area contributed by atoms with Crippen LogP contribution in [0.4, 0.5) is 8.78 Å². The molecule has 1 N–H and O–H groups in total. The maximum absolute atomic E-state index is 12.2. The van der Waals surface area contributed by atoms with E-state index in [4.69, 9.17) is 10.4 Å². The first-order chi connectivity index (χ1) is 6.60. The Hall–Kier alpha value is -2.03. The number of aromatic hydroxyl groups is 1. The first kappa shape index (κ1) is 10.1. The van der Waals surface area contributed by atoms with E-state index in [1.807, 2.05) is 0 Å². The van der Waals surface area contributed by atoms with Crippen LogP contribution < -0.4 is 0 Å². The molecule has 0 saturated carbocycles. The van der Waals surface area contributed by atoms with E-state index in [9.17, 15) is 13.6 Å². The number of rotatable bonds is 2. The number of carbonyl (C=O) groups is 1. The number of pyridine rings is 1. The summed E-state index contributed by atoms with van der Waals surface area (Å²) in [4.78, 5) is 13.6. The first-order valence-corrected chi connectivity index (χ1v) is 3.47. The van der Waals surface area contributed by atoms with Gasteiger partial charge in [-0.2, -0.15) is 5.26 Å². The zero-order chi connectivity index (χ0) is 10.7. The second-order valence-electron chi connectivity index (χ2n) is 2.36. The molecule has 0 unspecified atom stereocenters. The van der Waals surface area contributed by atoms with E-state index in [1.54, 1.807) is 0 Å². The molecule has 0 spiro atoms. The van der Waals surface area contributed by atoms with E-state index in [2.05, 4.69) is 4.98 Å². The van der Waals surface area contributed by atoms with Gasteiger partial charge in [0, 0.05) is 0 Å². The van der Waals surface area contributed by atoms with Crippen LogP contribution in [0.5, 0.6) is 5.75 Å². The molecule has 0 aliphatic heterocycles. The van der Waals surface area contributed by atoms with E-state index in [0.29, 0.717) is 6.07 Å². The molecule has 4 nitrogen and oxygen atoms in total. The third kappa shape index (κ3) is 1.66. The monoisotopic (exact) mass is 198 g/mol. The number of aromatic nitrogens is 1. The summed E-state index contributed by atoms with van der Waals surface area (Å²) >= 11 is 0. The lowest BCUT2D eigenvalue weighted by Gasteiger charge is -2.03. The smallest absolute Gasteiger partial charge is 0.266 e. The second-order valence-corrected chi connectivity index (χ2v) is 2.36. The molecule has 6 heteroatoms. The third-order valence-electron chi connectivity index (χ3n) is 1.52. The molecule has 72 valence electrons. The molecule has 1 heterocycles. The largest absolute Gasteiger partial charge is 0.505 e. The molecule has 0 bridgehead atoms. The Balaban J connectivity index is 3.40. The summed E-state index contributed by atoms with van der Waals surface area (Å²) < 4.78 is 24.5. The van der Waals surface area contributed by atoms with Gasteiger partial charge in [0.2, 0.25) is 0 Å². The van der Waals surface area contributed by atoms with E-state index in [0.717, 1.165) is 0 Å². The van der Waals surface area contributed by atoms with Gasteiger partial charge >= 0.3 is 0 Å². The van der Waals surface area contributed by atoms with Crippen molar-refractivity contribution >= 4 is 6.29 Å². The zero-order valence-electron chi connectivity index (χ0n) is 6.74. The molecule has 0 aliphatic rings. The van der Waals surface area contributed by atoms with Crippen LogP contribution in [0.3, 0.4) is 0 Å². The number of carbonyl (C=O) groups excluding carboxylic acids is 1. The predicted molar refractivity (Wildman–Crippen MR) is 41.0 cm³/mol. The summed E-state index contributed by atoms with van der Waals surface area (Å²) in [5.41, 5.74) is -1.66. The van der Waals surface area contributed by atoms with Gasteiger partial charge in [-0.25, -0.2) is 13.8 Å². The van der Waals surface area contributed by atoms with Crippen LogP contribution in [-0.2, 0) is 0 Å². The van der Waals surface area contributed by atoms with Crippen molar-refractivity contribution < 1.29 is 18.7 Å². The minimum atomic E-state index is -2.92. The summed E-state index contributed by atoms with van der Waals surface area (Å²) in [5, 5.41) is 17.4. The molecule has 0 fully saturated rings. The summed E-state index contributed by atoms with van der Waals surface area (Å²) in [5.74, 6) is -0.659. The maximum Gasteiger partial charge on any atom is 0.266 e. The topological polar surface area (TPSA) is 74.0 Å². The lowest BCUT2D eigenvalue weighted by Crippen LogP contribution is -1.99. The Kier molecular flexibility index (Phi) is 2.72. The standard InChI is InChI=1S/C8H4F2N2O2/c9-8(10)4-1-7(14)5(2-11)12-6(4)3-13/h1,3,8,14H. The normalized spacial score (nSPS) is 9.86. The summed E-state index contributed by atoms with van der Waals surface area (Å²) in [6.45, 7) is 0. The third-order valence-corrected chi connectivity index (χ3v) is 1.52. The van der Waals surface area contributed by atoms with Crippen molar-refractivity contribution in [2.45, 2.75) is 6.43 Å². The highest BCUT2D eigenvalue weighted by Crippen LogP contribution is 2.26. The Labute approximate surface area is 77.4 Å².